The smallest absolute Gasteiger partial charge is 0.315 e. The number of benzene rings is 3. The van der Waals surface area contributed by atoms with Crippen molar-refractivity contribution in [3.05, 3.63) is 100 Å². The molecular formula is C26H18ClNO4. The topological polar surface area (TPSA) is 57.5 Å². The molecule has 5 nitrogen and oxygen atoms in total. The van der Waals surface area contributed by atoms with Crippen LogP contribution in [0.1, 0.15) is 21.5 Å². The molecule has 5 rings (SSSR count). The van der Waals surface area contributed by atoms with Crippen LogP contribution in [0.25, 0.3) is 17.0 Å². The number of aryl methyl sites for hydroxylation is 1. The van der Waals surface area contributed by atoms with Gasteiger partial charge in [-0.05, 0) is 42.0 Å². The van der Waals surface area contributed by atoms with Gasteiger partial charge in [0.25, 0.3) is 0 Å². The Labute approximate surface area is 189 Å². The zero-order chi connectivity index (χ0) is 22.2. The van der Waals surface area contributed by atoms with Gasteiger partial charge < -0.3 is 14.0 Å². The predicted octanol–water partition coefficient (Wildman–Crippen LogP) is 5.60. The van der Waals surface area contributed by atoms with E-state index in [1.54, 1.807) is 48.5 Å². The number of Topliss-reactive ketones (excluding diaryl/α,β-unsaturated/α-hetero) is 1. The summed E-state index contributed by atoms with van der Waals surface area (Å²) in [5, 5.41) is 1.64. The lowest BCUT2D eigenvalue weighted by Gasteiger charge is -2.06. The highest BCUT2D eigenvalue weighted by atomic mass is 35.5. The third-order valence-corrected chi connectivity index (χ3v) is 5.60. The summed E-state index contributed by atoms with van der Waals surface area (Å²) in [7, 11) is 1.96. The largest absolute Gasteiger partial charge is 0.452 e. The summed E-state index contributed by atoms with van der Waals surface area (Å²) in [5.41, 5.74) is 3.20. The van der Waals surface area contributed by atoms with E-state index in [-0.39, 0.29) is 18.0 Å². The molecule has 0 saturated carbocycles. The lowest BCUT2D eigenvalue weighted by molar-refractivity contribution is -0.133. The van der Waals surface area contributed by atoms with Gasteiger partial charge in [0, 0.05) is 40.8 Å². The summed E-state index contributed by atoms with van der Waals surface area (Å²) >= 11 is 5.87. The fourth-order valence-corrected chi connectivity index (χ4v) is 3.92. The van der Waals surface area contributed by atoms with Crippen molar-refractivity contribution in [3.63, 3.8) is 0 Å². The number of carbonyl (C=O) groups is 2. The molecule has 158 valence electrons. The van der Waals surface area contributed by atoms with E-state index < -0.39 is 5.97 Å². The van der Waals surface area contributed by atoms with E-state index >= 15 is 0 Å². The van der Waals surface area contributed by atoms with Crippen LogP contribution in [-0.2, 0) is 18.3 Å². The average molecular weight is 444 g/mol. The first-order valence-corrected chi connectivity index (χ1v) is 10.4. The second kappa shape index (κ2) is 8.02. The van der Waals surface area contributed by atoms with Gasteiger partial charge in [-0.15, -0.1) is 0 Å². The number of rotatable bonds is 4. The second-order valence-electron chi connectivity index (χ2n) is 7.59. The van der Waals surface area contributed by atoms with Crippen LogP contribution in [0.5, 0.6) is 11.5 Å². The number of para-hydroxylation sites is 1. The number of esters is 1. The molecule has 0 bridgehead atoms. The highest BCUT2D eigenvalue weighted by molar-refractivity contribution is 6.30. The number of carbonyl (C=O) groups excluding carboxylic acids is 2. The number of ketones is 1. The van der Waals surface area contributed by atoms with Crippen LogP contribution in [0, 0.1) is 0 Å². The summed E-state index contributed by atoms with van der Waals surface area (Å²) < 4.78 is 13.3. The maximum atomic E-state index is 12.8. The Balaban J connectivity index is 1.35. The van der Waals surface area contributed by atoms with E-state index in [4.69, 9.17) is 21.1 Å². The van der Waals surface area contributed by atoms with E-state index in [1.807, 2.05) is 42.1 Å². The summed E-state index contributed by atoms with van der Waals surface area (Å²) in [5.74, 6) is 0.316. The van der Waals surface area contributed by atoms with E-state index in [2.05, 4.69) is 0 Å². The average Bonchev–Trinajstić information content (AvgIpc) is 3.26. The van der Waals surface area contributed by atoms with Crippen LogP contribution >= 0.6 is 11.6 Å². The molecule has 3 aromatic carbocycles. The van der Waals surface area contributed by atoms with Crippen molar-refractivity contribution in [1.82, 2.24) is 4.57 Å². The Morgan fingerprint density at radius 3 is 2.69 bits per heavy atom. The molecule has 0 saturated heterocycles. The quantitative estimate of drug-likeness (QED) is 0.234. The minimum atomic E-state index is -0.414. The van der Waals surface area contributed by atoms with E-state index in [1.165, 1.54) is 0 Å². The van der Waals surface area contributed by atoms with Gasteiger partial charge in [-0.25, -0.2) is 0 Å². The van der Waals surface area contributed by atoms with Gasteiger partial charge in [-0.1, -0.05) is 41.9 Å². The fraction of sp³-hybridized carbons (Fsp3) is 0.0769. The Kier molecular flexibility index (Phi) is 5.04. The number of hydrogen-bond donors (Lipinski definition) is 0. The van der Waals surface area contributed by atoms with Crippen molar-refractivity contribution in [3.8, 4) is 11.5 Å². The molecule has 1 aliphatic rings. The van der Waals surface area contributed by atoms with Gasteiger partial charge in [0.15, 0.2) is 5.76 Å². The molecule has 0 N–H and O–H groups in total. The minimum Gasteiger partial charge on any atom is -0.452 e. The van der Waals surface area contributed by atoms with Crippen LogP contribution in [0.3, 0.4) is 0 Å². The molecule has 0 fully saturated rings. The summed E-state index contributed by atoms with van der Waals surface area (Å²) in [6.45, 7) is 0. The molecule has 0 radical (unpaired) electrons. The van der Waals surface area contributed by atoms with Gasteiger partial charge in [0.1, 0.15) is 11.5 Å². The number of halogens is 1. The van der Waals surface area contributed by atoms with Crippen LogP contribution < -0.4 is 9.47 Å². The van der Waals surface area contributed by atoms with E-state index in [0.717, 1.165) is 22.0 Å². The maximum Gasteiger partial charge on any atom is 0.315 e. The molecular weight excluding hydrogens is 426 g/mol. The molecule has 1 aliphatic heterocycles. The van der Waals surface area contributed by atoms with Crippen LogP contribution in [0.2, 0.25) is 5.02 Å². The number of ether oxygens (including phenoxy) is 2. The van der Waals surface area contributed by atoms with Gasteiger partial charge in [0.05, 0.1) is 12.0 Å². The van der Waals surface area contributed by atoms with Gasteiger partial charge in [0.2, 0.25) is 5.78 Å². The molecule has 2 heterocycles. The number of aromatic nitrogens is 1. The fourth-order valence-electron chi connectivity index (χ4n) is 3.80. The predicted molar refractivity (Wildman–Crippen MR) is 123 cm³/mol. The maximum absolute atomic E-state index is 12.8. The molecule has 0 amide bonds. The van der Waals surface area contributed by atoms with E-state index in [0.29, 0.717) is 22.1 Å². The monoisotopic (exact) mass is 443 g/mol. The number of allylic oxidation sites excluding steroid dienone is 1. The minimum absolute atomic E-state index is 0.111. The molecule has 0 unspecified atom stereocenters. The SMILES string of the molecule is Cn1cc(/C=C2\Oc3cc(OC(=O)Cc4ccc(Cl)cc4)ccc3C2=O)c2ccccc21. The first kappa shape index (κ1) is 20.1. The zero-order valence-electron chi connectivity index (χ0n) is 17.2. The molecule has 4 aromatic rings. The number of nitrogens with zero attached hydrogens (tertiary/aromatic N) is 1. The van der Waals surface area contributed by atoms with Gasteiger partial charge in [-0.3, -0.25) is 9.59 Å². The van der Waals surface area contributed by atoms with E-state index in [9.17, 15) is 9.59 Å². The first-order chi connectivity index (χ1) is 15.5. The number of fused-ring (bicyclic) bond motifs is 2. The van der Waals surface area contributed by atoms with Crippen molar-refractivity contribution < 1.29 is 19.1 Å². The third-order valence-electron chi connectivity index (χ3n) is 5.35. The van der Waals surface area contributed by atoms with Crippen LogP contribution in [-0.4, -0.2) is 16.3 Å². The molecule has 1 aromatic heterocycles. The number of hydrogen-bond acceptors (Lipinski definition) is 4. The molecule has 0 aliphatic carbocycles. The Morgan fingerprint density at radius 2 is 1.88 bits per heavy atom. The van der Waals surface area contributed by atoms with Crippen LogP contribution in [0.15, 0.2) is 78.7 Å². The molecule has 0 atom stereocenters. The Morgan fingerprint density at radius 1 is 1.09 bits per heavy atom. The Hall–Kier alpha value is -3.83. The van der Waals surface area contributed by atoms with Gasteiger partial charge in [-0.2, -0.15) is 0 Å². The van der Waals surface area contributed by atoms with Crippen molar-refractivity contribution in [2.45, 2.75) is 6.42 Å². The van der Waals surface area contributed by atoms with Crippen molar-refractivity contribution in [2.24, 2.45) is 7.05 Å². The Bertz CT molecular complexity index is 1400. The van der Waals surface area contributed by atoms with Crippen molar-refractivity contribution in [2.75, 3.05) is 0 Å². The van der Waals surface area contributed by atoms with Crippen LogP contribution in [0.4, 0.5) is 0 Å². The summed E-state index contributed by atoms with van der Waals surface area (Å²) in [6.07, 6.45) is 3.82. The highest BCUT2D eigenvalue weighted by Gasteiger charge is 2.28. The third kappa shape index (κ3) is 3.79. The normalized spacial score (nSPS) is 13.9. The summed E-state index contributed by atoms with van der Waals surface area (Å²) in [4.78, 5) is 25.1. The van der Waals surface area contributed by atoms with Gasteiger partial charge >= 0.3 is 5.97 Å². The van der Waals surface area contributed by atoms with Crippen molar-refractivity contribution >= 4 is 40.3 Å². The van der Waals surface area contributed by atoms with Crippen molar-refractivity contribution in [1.29, 1.82) is 0 Å². The molecule has 0 spiro atoms. The standard InChI is InChI=1S/C26H18ClNO4/c1-28-15-17(20-4-2-3-5-22(20)28)13-24-26(30)21-11-10-19(14-23(21)32-24)31-25(29)12-16-6-8-18(27)9-7-16/h2-11,13-15H,12H2,1H3/b24-13-. The second-order valence-corrected chi connectivity index (χ2v) is 8.02. The zero-order valence-corrected chi connectivity index (χ0v) is 17.9. The summed E-state index contributed by atoms with van der Waals surface area (Å²) in [6, 6.07) is 19.7. The highest BCUT2D eigenvalue weighted by Crippen LogP contribution is 2.35. The lowest BCUT2D eigenvalue weighted by atomic mass is 10.1. The molecule has 6 heteroatoms. The lowest BCUT2D eigenvalue weighted by Crippen LogP contribution is -2.11. The first-order valence-electron chi connectivity index (χ1n) is 10.1. The molecule has 32 heavy (non-hydrogen) atoms.